The Labute approximate surface area is 179 Å². The highest BCUT2D eigenvalue weighted by Crippen LogP contribution is 2.31. The van der Waals surface area contributed by atoms with Crippen LogP contribution in [0.25, 0.3) is 10.4 Å². The van der Waals surface area contributed by atoms with Crippen LogP contribution in [0.4, 0.5) is 5.69 Å². The maximum Gasteiger partial charge on any atom is 0.179 e. The van der Waals surface area contributed by atoms with Gasteiger partial charge < -0.3 is 14.2 Å². The van der Waals surface area contributed by atoms with E-state index in [1.54, 1.807) is 17.4 Å². The maximum atomic E-state index is 12.9. The first-order valence-corrected chi connectivity index (χ1v) is 11.1. The lowest BCUT2D eigenvalue weighted by Crippen LogP contribution is -2.36. The molecule has 1 unspecified atom stereocenters. The molecule has 3 aromatic rings. The Morgan fingerprint density at radius 3 is 2.77 bits per heavy atom. The van der Waals surface area contributed by atoms with Crippen LogP contribution in [0, 0.1) is 0 Å². The molecule has 0 amide bonds. The van der Waals surface area contributed by atoms with Crippen molar-refractivity contribution in [2.24, 2.45) is 0 Å². The molecule has 2 aromatic heterocycles. The Morgan fingerprint density at radius 2 is 1.97 bits per heavy atom. The van der Waals surface area contributed by atoms with Crippen molar-refractivity contribution in [1.82, 2.24) is 9.55 Å². The highest BCUT2D eigenvalue weighted by molar-refractivity contribution is 7.15. The number of nitrogens with zero attached hydrogens (tertiary/aromatic N) is 3. The van der Waals surface area contributed by atoms with E-state index in [4.69, 9.17) is 4.74 Å². The third-order valence-corrected chi connectivity index (χ3v) is 6.87. The predicted octanol–water partition coefficient (Wildman–Crippen LogP) is 3.78. The summed E-state index contributed by atoms with van der Waals surface area (Å²) in [4.78, 5) is 32.8. The molecule has 2 aliphatic rings. The first-order valence-electron chi connectivity index (χ1n) is 10.3. The van der Waals surface area contributed by atoms with Gasteiger partial charge in [0.1, 0.15) is 5.01 Å². The number of carbonyl (C=O) groups is 2. The molecule has 1 atom stereocenters. The quantitative estimate of drug-likeness (QED) is 0.627. The van der Waals surface area contributed by atoms with Crippen molar-refractivity contribution >= 4 is 28.6 Å². The number of ketones is 2. The summed E-state index contributed by atoms with van der Waals surface area (Å²) >= 11 is 1.56. The number of benzene rings is 1. The van der Waals surface area contributed by atoms with E-state index >= 15 is 0 Å². The van der Waals surface area contributed by atoms with E-state index in [1.165, 1.54) is 5.69 Å². The number of thiazole rings is 1. The number of ether oxygens (including phenoxy) is 1. The monoisotopic (exact) mass is 421 g/mol. The number of carbonyl (C=O) groups excluding carboxylic acids is 2. The van der Waals surface area contributed by atoms with Crippen molar-refractivity contribution in [3.63, 3.8) is 0 Å². The lowest BCUT2D eigenvalue weighted by molar-refractivity contribution is -0.121. The van der Waals surface area contributed by atoms with Gasteiger partial charge in [-0.3, -0.25) is 9.59 Å². The molecule has 0 saturated carbocycles. The molecule has 2 aliphatic heterocycles. The molecule has 0 N–H and O–H groups in total. The van der Waals surface area contributed by atoms with Crippen LogP contribution in [0.15, 0.2) is 48.8 Å². The number of aromatic nitrogens is 2. The smallest absolute Gasteiger partial charge is 0.179 e. The fraction of sp³-hybridized carbons (Fsp3) is 0.348. The van der Waals surface area contributed by atoms with Gasteiger partial charge in [-0.1, -0.05) is 12.1 Å². The molecule has 154 valence electrons. The topological polar surface area (TPSA) is 64.4 Å². The van der Waals surface area contributed by atoms with Crippen LogP contribution < -0.4 is 4.90 Å². The molecule has 1 aromatic carbocycles. The number of hydrogen-bond acceptors (Lipinski definition) is 6. The third kappa shape index (κ3) is 3.70. The van der Waals surface area contributed by atoms with Crippen LogP contribution in [0.3, 0.4) is 0 Å². The summed E-state index contributed by atoms with van der Waals surface area (Å²) in [6, 6.07) is 11.9. The third-order valence-electron chi connectivity index (χ3n) is 5.82. The molecule has 6 nitrogen and oxygen atoms in total. The summed E-state index contributed by atoms with van der Waals surface area (Å²) in [7, 11) is 0. The molecular weight excluding hydrogens is 398 g/mol. The number of rotatable bonds is 5. The van der Waals surface area contributed by atoms with E-state index in [2.05, 4.69) is 34.1 Å². The van der Waals surface area contributed by atoms with E-state index in [1.807, 2.05) is 23.0 Å². The van der Waals surface area contributed by atoms with E-state index in [-0.39, 0.29) is 17.6 Å². The summed E-state index contributed by atoms with van der Waals surface area (Å²) in [5, 5.41) is 0.817. The highest BCUT2D eigenvalue weighted by atomic mass is 32.1. The zero-order valence-electron chi connectivity index (χ0n) is 16.6. The van der Waals surface area contributed by atoms with Crippen LogP contribution in [-0.4, -0.2) is 47.4 Å². The number of anilines is 1. The van der Waals surface area contributed by atoms with Crippen LogP contribution in [0.1, 0.15) is 34.4 Å². The second-order valence-electron chi connectivity index (χ2n) is 7.69. The van der Waals surface area contributed by atoms with Gasteiger partial charge in [-0.05, 0) is 36.2 Å². The Kier molecular flexibility index (Phi) is 5.23. The minimum absolute atomic E-state index is 0.112. The standard InChI is InChI=1S/C23H23N3O3S/c27-20-8-7-19(26-9-1-2-18(20)26)21(28)14-23-24-15-22(30-23)16-3-5-17(6-4-16)25-10-12-29-13-11-25/h1-6,9,15,19H,7-8,10-14H2. The fourth-order valence-corrected chi connectivity index (χ4v) is 5.14. The van der Waals surface area contributed by atoms with Gasteiger partial charge in [0.2, 0.25) is 0 Å². The molecule has 7 heteroatoms. The molecule has 4 heterocycles. The Hall–Kier alpha value is -2.77. The van der Waals surface area contributed by atoms with Crippen LogP contribution in [-0.2, 0) is 16.0 Å². The second kappa shape index (κ2) is 8.16. The van der Waals surface area contributed by atoms with Gasteiger partial charge in [0, 0.05) is 37.6 Å². The number of fused-ring (bicyclic) bond motifs is 1. The summed E-state index contributed by atoms with van der Waals surface area (Å²) in [6.45, 7) is 3.38. The van der Waals surface area contributed by atoms with E-state index in [0.29, 0.717) is 25.0 Å². The number of Topliss-reactive ketones (excluding diaryl/α,β-unsaturated/α-hetero) is 2. The zero-order chi connectivity index (χ0) is 20.5. The fourth-order valence-electron chi connectivity index (χ4n) is 4.20. The molecule has 0 spiro atoms. The minimum Gasteiger partial charge on any atom is -0.378 e. The van der Waals surface area contributed by atoms with Crippen molar-refractivity contribution in [2.75, 3.05) is 31.2 Å². The second-order valence-corrected chi connectivity index (χ2v) is 8.80. The average Bonchev–Trinajstić information content (AvgIpc) is 3.45. The van der Waals surface area contributed by atoms with Crippen molar-refractivity contribution in [1.29, 1.82) is 0 Å². The number of hydrogen-bond donors (Lipinski definition) is 0. The zero-order valence-corrected chi connectivity index (χ0v) is 17.4. The summed E-state index contributed by atoms with van der Waals surface area (Å²) in [5.74, 6) is 0.227. The Morgan fingerprint density at radius 1 is 1.17 bits per heavy atom. The SMILES string of the molecule is O=C1CCC(C(=O)Cc2ncc(-c3ccc(N4CCOCC4)cc3)s2)n2cccc21. The van der Waals surface area contributed by atoms with Gasteiger partial charge in [-0.15, -0.1) is 11.3 Å². The molecule has 0 bridgehead atoms. The van der Waals surface area contributed by atoms with E-state index in [0.717, 1.165) is 41.8 Å². The van der Waals surface area contributed by atoms with Gasteiger partial charge in [-0.25, -0.2) is 4.98 Å². The number of morpholine rings is 1. The Bertz CT molecular complexity index is 1060. The molecule has 1 fully saturated rings. The molecule has 0 aliphatic carbocycles. The van der Waals surface area contributed by atoms with Gasteiger partial charge in [0.15, 0.2) is 11.6 Å². The van der Waals surface area contributed by atoms with Crippen molar-refractivity contribution < 1.29 is 14.3 Å². The highest BCUT2D eigenvalue weighted by Gasteiger charge is 2.29. The lowest BCUT2D eigenvalue weighted by atomic mass is 9.97. The van der Waals surface area contributed by atoms with Gasteiger partial charge in [-0.2, -0.15) is 0 Å². The first-order chi connectivity index (χ1) is 14.7. The van der Waals surface area contributed by atoms with Crippen molar-refractivity contribution in [2.45, 2.75) is 25.3 Å². The van der Waals surface area contributed by atoms with Crippen molar-refractivity contribution in [3.05, 3.63) is 59.5 Å². The van der Waals surface area contributed by atoms with Crippen LogP contribution in [0.5, 0.6) is 0 Å². The normalized spacial score (nSPS) is 19.0. The van der Waals surface area contributed by atoms with Crippen molar-refractivity contribution in [3.8, 4) is 10.4 Å². The summed E-state index contributed by atoms with van der Waals surface area (Å²) < 4.78 is 7.24. The molecule has 0 radical (unpaired) electrons. The van der Waals surface area contributed by atoms with E-state index < -0.39 is 0 Å². The Balaban J connectivity index is 1.27. The first kappa shape index (κ1) is 19.2. The van der Waals surface area contributed by atoms with E-state index in [9.17, 15) is 9.59 Å². The minimum atomic E-state index is -0.271. The summed E-state index contributed by atoms with van der Waals surface area (Å²) in [6.07, 6.45) is 4.98. The maximum absolute atomic E-state index is 12.9. The van der Waals surface area contributed by atoms with Gasteiger partial charge in [0.25, 0.3) is 0 Å². The predicted molar refractivity (Wildman–Crippen MR) is 116 cm³/mol. The lowest BCUT2D eigenvalue weighted by Gasteiger charge is -2.28. The van der Waals surface area contributed by atoms with Crippen LogP contribution in [0.2, 0.25) is 0 Å². The van der Waals surface area contributed by atoms with Crippen LogP contribution >= 0.6 is 11.3 Å². The molecular formula is C23H23N3O3S. The summed E-state index contributed by atoms with van der Waals surface area (Å²) in [5.41, 5.74) is 2.95. The van der Waals surface area contributed by atoms with Gasteiger partial charge in [0.05, 0.1) is 36.2 Å². The van der Waals surface area contributed by atoms with Gasteiger partial charge >= 0.3 is 0 Å². The molecule has 1 saturated heterocycles. The average molecular weight is 422 g/mol. The largest absolute Gasteiger partial charge is 0.378 e. The molecule has 5 rings (SSSR count). The molecule has 30 heavy (non-hydrogen) atoms.